The Kier molecular flexibility index (Phi) is 4.35. The number of phenolic OH excluding ortho intramolecular Hbond substituents is 1. The zero-order valence-corrected chi connectivity index (χ0v) is 13.0. The molecule has 23 heavy (non-hydrogen) atoms. The smallest absolute Gasteiger partial charge is 0.336 e. The van der Waals surface area contributed by atoms with Crippen molar-refractivity contribution in [3.8, 4) is 16.9 Å². The van der Waals surface area contributed by atoms with Gasteiger partial charge >= 0.3 is 5.97 Å². The van der Waals surface area contributed by atoms with E-state index in [1.54, 1.807) is 24.3 Å². The van der Waals surface area contributed by atoms with E-state index in [4.69, 9.17) is 0 Å². The van der Waals surface area contributed by atoms with Crippen LogP contribution < -0.4 is 0 Å². The fourth-order valence-electron chi connectivity index (χ4n) is 2.23. The summed E-state index contributed by atoms with van der Waals surface area (Å²) in [5.74, 6) is -0.681. The first-order valence-corrected chi connectivity index (χ1v) is 7.85. The van der Waals surface area contributed by atoms with E-state index in [0.717, 1.165) is 20.9 Å². The molecule has 0 aliphatic carbocycles. The van der Waals surface area contributed by atoms with E-state index < -0.39 is 5.97 Å². The van der Waals surface area contributed by atoms with Gasteiger partial charge in [0.15, 0.2) is 0 Å². The number of carboxylic acids is 1. The van der Waals surface area contributed by atoms with Crippen LogP contribution in [0.4, 0.5) is 0 Å². The predicted molar refractivity (Wildman–Crippen MR) is 91.1 cm³/mol. The Bertz CT molecular complexity index is 824. The van der Waals surface area contributed by atoms with Crippen LogP contribution in [0.1, 0.15) is 10.4 Å². The highest BCUT2D eigenvalue weighted by Gasteiger charge is 2.10. The lowest BCUT2D eigenvalue weighted by atomic mass is 10.1. The van der Waals surface area contributed by atoms with Crippen LogP contribution in [-0.4, -0.2) is 16.2 Å². The zero-order chi connectivity index (χ0) is 16.2. The summed E-state index contributed by atoms with van der Waals surface area (Å²) in [5.41, 5.74) is 2.37. The molecule has 0 saturated heterocycles. The molecule has 0 heterocycles. The van der Waals surface area contributed by atoms with Crippen molar-refractivity contribution in [3.05, 3.63) is 78.4 Å². The first-order chi connectivity index (χ1) is 11.1. The van der Waals surface area contributed by atoms with Crippen LogP contribution >= 0.6 is 11.8 Å². The van der Waals surface area contributed by atoms with E-state index in [0.29, 0.717) is 5.56 Å². The second-order valence-electron chi connectivity index (χ2n) is 4.97. The van der Waals surface area contributed by atoms with Gasteiger partial charge in [-0.05, 0) is 47.5 Å². The molecule has 3 aromatic rings. The minimum absolute atomic E-state index is 0.242. The second-order valence-corrected chi connectivity index (χ2v) is 6.09. The van der Waals surface area contributed by atoms with Gasteiger partial charge in [-0.3, -0.25) is 0 Å². The van der Waals surface area contributed by atoms with Crippen molar-refractivity contribution in [3.63, 3.8) is 0 Å². The molecular weight excluding hydrogens is 308 g/mol. The van der Waals surface area contributed by atoms with E-state index in [-0.39, 0.29) is 5.75 Å². The highest BCUT2D eigenvalue weighted by atomic mass is 32.2. The van der Waals surface area contributed by atoms with Gasteiger partial charge in [0.1, 0.15) is 5.75 Å². The zero-order valence-electron chi connectivity index (χ0n) is 12.1. The van der Waals surface area contributed by atoms with Crippen molar-refractivity contribution in [2.45, 2.75) is 9.79 Å². The fourth-order valence-corrected chi connectivity index (χ4v) is 3.17. The van der Waals surface area contributed by atoms with Crippen LogP contribution in [0.15, 0.2) is 82.6 Å². The molecular formula is C19H14O3S. The Morgan fingerprint density at radius 1 is 0.783 bits per heavy atom. The molecule has 0 bridgehead atoms. The number of rotatable bonds is 4. The molecule has 3 nitrogen and oxygen atoms in total. The van der Waals surface area contributed by atoms with Crippen molar-refractivity contribution in [2.24, 2.45) is 0 Å². The Morgan fingerprint density at radius 3 is 1.96 bits per heavy atom. The van der Waals surface area contributed by atoms with Gasteiger partial charge in [-0.25, -0.2) is 4.79 Å². The average molecular weight is 322 g/mol. The Morgan fingerprint density at radius 2 is 1.35 bits per heavy atom. The van der Waals surface area contributed by atoms with Crippen molar-refractivity contribution in [1.82, 2.24) is 0 Å². The summed E-state index contributed by atoms with van der Waals surface area (Å²) in [7, 11) is 0. The maximum atomic E-state index is 11.2. The summed E-state index contributed by atoms with van der Waals surface area (Å²) >= 11 is 1.43. The molecule has 3 aromatic carbocycles. The van der Waals surface area contributed by atoms with Gasteiger partial charge in [0, 0.05) is 9.79 Å². The number of benzene rings is 3. The predicted octanol–water partition coefficient (Wildman–Crippen LogP) is 4.91. The number of hydrogen-bond donors (Lipinski definition) is 2. The van der Waals surface area contributed by atoms with Gasteiger partial charge < -0.3 is 10.2 Å². The van der Waals surface area contributed by atoms with Gasteiger partial charge in [0.05, 0.1) is 5.56 Å². The van der Waals surface area contributed by atoms with Crippen LogP contribution in [0.3, 0.4) is 0 Å². The lowest BCUT2D eigenvalue weighted by Crippen LogP contribution is -1.97. The highest BCUT2D eigenvalue weighted by Crippen LogP contribution is 2.32. The molecule has 0 unspecified atom stereocenters. The van der Waals surface area contributed by atoms with Gasteiger partial charge in [0.25, 0.3) is 0 Å². The van der Waals surface area contributed by atoms with Crippen LogP contribution in [0.2, 0.25) is 0 Å². The Labute approximate surface area is 138 Å². The normalized spacial score (nSPS) is 10.4. The van der Waals surface area contributed by atoms with Gasteiger partial charge in [-0.1, -0.05) is 48.2 Å². The molecule has 0 amide bonds. The molecule has 0 radical (unpaired) electrons. The van der Waals surface area contributed by atoms with Crippen LogP contribution in [0, 0.1) is 0 Å². The quantitative estimate of drug-likeness (QED) is 0.716. The molecule has 0 aliphatic rings. The molecule has 2 N–H and O–H groups in total. The summed E-state index contributed by atoms with van der Waals surface area (Å²) in [4.78, 5) is 12.9. The first-order valence-electron chi connectivity index (χ1n) is 7.03. The molecule has 0 fully saturated rings. The number of aromatic carboxylic acids is 1. The first kappa shape index (κ1) is 15.2. The van der Waals surface area contributed by atoms with Crippen LogP contribution in [0.5, 0.6) is 5.75 Å². The summed E-state index contributed by atoms with van der Waals surface area (Å²) in [6.07, 6.45) is 0. The molecule has 0 saturated carbocycles. The van der Waals surface area contributed by atoms with Gasteiger partial charge in [-0.2, -0.15) is 0 Å². The maximum absolute atomic E-state index is 11.2. The minimum Gasteiger partial charge on any atom is -0.508 e. The molecule has 3 rings (SSSR count). The Hall–Kier alpha value is -2.72. The third-order valence-corrected chi connectivity index (χ3v) is 4.48. The number of hydrogen-bond acceptors (Lipinski definition) is 3. The van der Waals surface area contributed by atoms with Gasteiger partial charge in [0.2, 0.25) is 0 Å². The third kappa shape index (κ3) is 3.55. The monoisotopic (exact) mass is 322 g/mol. The molecule has 0 aliphatic heterocycles. The minimum atomic E-state index is -0.922. The van der Waals surface area contributed by atoms with Crippen LogP contribution in [-0.2, 0) is 0 Å². The summed E-state index contributed by atoms with van der Waals surface area (Å²) in [6, 6.07) is 21.9. The summed E-state index contributed by atoms with van der Waals surface area (Å²) < 4.78 is 0. The number of carboxylic acid groups (broad SMARTS) is 1. The topological polar surface area (TPSA) is 57.5 Å². The number of aromatic hydroxyl groups is 1. The van der Waals surface area contributed by atoms with Crippen LogP contribution in [0.25, 0.3) is 11.1 Å². The van der Waals surface area contributed by atoms with E-state index in [1.165, 1.54) is 11.8 Å². The fraction of sp³-hybridized carbons (Fsp3) is 0. The highest BCUT2D eigenvalue weighted by molar-refractivity contribution is 7.99. The largest absolute Gasteiger partial charge is 0.508 e. The van der Waals surface area contributed by atoms with E-state index in [1.807, 2.05) is 48.5 Å². The molecule has 0 spiro atoms. The SMILES string of the molecule is O=C(O)c1ccccc1Sc1ccc(-c2ccc(O)cc2)cc1. The standard InChI is InChI=1S/C19H14O3S/c20-15-9-5-13(6-10-15)14-7-11-16(12-8-14)23-18-4-2-1-3-17(18)19(21)22/h1-12,20H,(H,21,22). The summed E-state index contributed by atoms with van der Waals surface area (Å²) in [6.45, 7) is 0. The number of carbonyl (C=O) groups is 1. The maximum Gasteiger partial charge on any atom is 0.336 e. The van der Waals surface area contributed by atoms with E-state index in [9.17, 15) is 15.0 Å². The van der Waals surface area contributed by atoms with E-state index in [2.05, 4.69) is 0 Å². The second kappa shape index (κ2) is 6.58. The number of phenols is 1. The van der Waals surface area contributed by atoms with E-state index >= 15 is 0 Å². The van der Waals surface area contributed by atoms with Gasteiger partial charge in [-0.15, -0.1) is 0 Å². The molecule has 114 valence electrons. The summed E-state index contributed by atoms with van der Waals surface area (Å²) in [5, 5.41) is 18.6. The molecule has 4 heteroatoms. The lowest BCUT2D eigenvalue weighted by Gasteiger charge is -2.07. The molecule has 0 atom stereocenters. The Balaban J connectivity index is 1.83. The molecule has 0 aromatic heterocycles. The van der Waals surface area contributed by atoms with Crippen molar-refractivity contribution in [2.75, 3.05) is 0 Å². The van der Waals surface area contributed by atoms with Crippen molar-refractivity contribution in [1.29, 1.82) is 0 Å². The average Bonchev–Trinajstić information content (AvgIpc) is 2.57. The van der Waals surface area contributed by atoms with Crippen molar-refractivity contribution < 1.29 is 15.0 Å². The lowest BCUT2D eigenvalue weighted by molar-refractivity contribution is 0.0693. The third-order valence-electron chi connectivity index (χ3n) is 3.40. The van der Waals surface area contributed by atoms with Crippen molar-refractivity contribution >= 4 is 17.7 Å².